The minimum Gasteiger partial charge on any atom is -0.349 e. The summed E-state index contributed by atoms with van der Waals surface area (Å²) in [6, 6.07) is 9.03. The van der Waals surface area contributed by atoms with Gasteiger partial charge in [-0.15, -0.1) is 0 Å². The highest BCUT2D eigenvalue weighted by Gasteiger charge is 2.46. The summed E-state index contributed by atoms with van der Waals surface area (Å²) in [5.41, 5.74) is 3.13. The van der Waals surface area contributed by atoms with E-state index in [2.05, 4.69) is 46.6 Å². The smallest absolute Gasteiger partial charge is 0.217 e. The molecule has 144 valence electrons. The van der Waals surface area contributed by atoms with Crippen LogP contribution in [-0.4, -0.2) is 30.4 Å². The van der Waals surface area contributed by atoms with E-state index in [0.717, 1.165) is 24.2 Å². The third-order valence-electron chi connectivity index (χ3n) is 7.94. The van der Waals surface area contributed by atoms with Crippen LogP contribution in [-0.2, 0) is 10.2 Å². The lowest BCUT2D eigenvalue weighted by molar-refractivity contribution is -0.119. The van der Waals surface area contributed by atoms with Gasteiger partial charge in [0.2, 0.25) is 5.91 Å². The first-order chi connectivity index (χ1) is 13.1. The summed E-state index contributed by atoms with van der Waals surface area (Å²) in [5.74, 6) is 2.83. The summed E-state index contributed by atoms with van der Waals surface area (Å²) < 4.78 is 0. The monoisotopic (exact) mass is 364 g/mol. The molecule has 1 heterocycles. The van der Waals surface area contributed by atoms with E-state index in [4.69, 9.17) is 0 Å². The highest BCUT2D eigenvalue weighted by Crippen LogP contribution is 2.51. The maximum absolute atomic E-state index is 11.7. The number of carbonyl (C=O) groups excluding carboxylic acids is 1. The van der Waals surface area contributed by atoms with E-state index in [1.165, 1.54) is 62.9 Å². The molecular formula is C24H32N2O. The minimum atomic E-state index is 0.0874. The SMILES string of the molecule is CC(=O)NC1CC2(CCN(C[C@H]3CC4CCC=C[C@@H]43)CC2)c2ccccc21. The fourth-order valence-corrected chi connectivity index (χ4v) is 6.51. The standard InChI is InChI=1S/C24H32N2O/c1-17(27)25-23-15-24(22-9-5-4-8-21(22)23)10-12-26(13-11-24)16-19-14-18-6-2-3-7-20(18)19/h3-5,7-9,18-20,23H,2,6,10-16H2,1H3,(H,25,27)/t18?,19-,20+,23?/m1/s1. The first-order valence-corrected chi connectivity index (χ1v) is 10.9. The molecule has 0 aromatic heterocycles. The molecule has 0 bridgehead atoms. The first-order valence-electron chi connectivity index (χ1n) is 10.9. The number of nitrogens with one attached hydrogen (secondary N) is 1. The third kappa shape index (κ3) is 3.04. The Morgan fingerprint density at radius 3 is 2.85 bits per heavy atom. The maximum Gasteiger partial charge on any atom is 0.217 e. The summed E-state index contributed by atoms with van der Waals surface area (Å²) in [7, 11) is 0. The van der Waals surface area contributed by atoms with Gasteiger partial charge >= 0.3 is 0 Å². The van der Waals surface area contributed by atoms with Crippen LogP contribution in [0.1, 0.15) is 62.6 Å². The number of hydrogen-bond acceptors (Lipinski definition) is 2. The third-order valence-corrected chi connectivity index (χ3v) is 7.94. The fourth-order valence-electron chi connectivity index (χ4n) is 6.51. The molecule has 3 aliphatic carbocycles. The van der Waals surface area contributed by atoms with Crippen molar-refractivity contribution in [3.8, 4) is 0 Å². The normalized spacial score (nSPS) is 34.0. The lowest BCUT2D eigenvalue weighted by Crippen LogP contribution is -2.48. The number of fused-ring (bicyclic) bond motifs is 3. The largest absolute Gasteiger partial charge is 0.349 e. The number of rotatable bonds is 3. The average Bonchev–Trinajstić information content (AvgIpc) is 2.94. The van der Waals surface area contributed by atoms with E-state index in [1.54, 1.807) is 6.92 Å². The summed E-state index contributed by atoms with van der Waals surface area (Å²) in [5, 5.41) is 3.20. The van der Waals surface area contributed by atoms with Crippen molar-refractivity contribution in [3.05, 3.63) is 47.5 Å². The number of benzene rings is 1. The van der Waals surface area contributed by atoms with Crippen molar-refractivity contribution < 1.29 is 4.79 Å². The molecule has 1 spiro atoms. The fraction of sp³-hybridized carbons (Fsp3) is 0.625. The summed E-state index contributed by atoms with van der Waals surface area (Å²) in [4.78, 5) is 14.4. The van der Waals surface area contributed by atoms with Crippen LogP contribution in [0.15, 0.2) is 36.4 Å². The van der Waals surface area contributed by atoms with Crippen molar-refractivity contribution in [2.45, 2.75) is 56.9 Å². The molecular weight excluding hydrogens is 332 g/mol. The predicted molar refractivity (Wildman–Crippen MR) is 108 cm³/mol. The molecule has 2 unspecified atom stereocenters. The number of amides is 1. The number of hydrogen-bond donors (Lipinski definition) is 1. The van der Waals surface area contributed by atoms with Crippen LogP contribution < -0.4 is 5.32 Å². The van der Waals surface area contributed by atoms with Gasteiger partial charge in [-0.2, -0.15) is 0 Å². The molecule has 3 heteroatoms. The second-order valence-corrected chi connectivity index (χ2v) is 9.46. The van der Waals surface area contributed by atoms with Crippen LogP contribution in [0.4, 0.5) is 0 Å². The molecule has 27 heavy (non-hydrogen) atoms. The van der Waals surface area contributed by atoms with Crippen molar-refractivity contribution >= 4 is 5.91 Å². The molecule has 1 amide bonds. The lowest BCUT2D eigenvalue weighted by Gasteiger charge is -2.49. The first kappa shape index (κ1) is 17.5. The van der Waals surface area contributed by atoms with Crippen LogP contribution in [0.25, 0.3) is 0 Å². The van der Waals surface area contributed by atoms with Gasteiger partial charge in [0.05, 0.1) is 6.04 Å². The number of allylic oxidation sites excluding steroid dienone is 2. The number of carbonyl (C=O) groups is 1. The molecule has 2 fully saturated rings. The lowest BCUT2D eigenvalue weighted by atomic mass is 9.61. The van der Waals surface area contributed by atoms with E-state index in [-0.39, 0.29) is 17.4 Å². The van der Waals surface area contributed by atoms with Gasteiger partial charge in [0.25, 0.3) is 0 Å². The van der Waals surface area contributed by atoms with Crippen molar-refractivity contribution in [2.24, 2.45) is 17.8 Å². The molecule has 1 N–H and O–H groups in total. The van der Waals surface area contributed by atoms with Crippen molar-refractivity contribution in [1.82, 2.24) is 10.2 Å². The Balaban J connectivity index is 1.25. The van der Waals surface area contributed by atoms with E-state index >= 15 is 0 Å². The zero-order valence-corrected chi connectivity index (χ0v) is 16.5. The van der Waals surface area contributed by atoms with Gasteiger partial charge < -0.3 is 10.2 Å². The van der Waals surface area contributed by atoms with Crippen molar-refractivity contribution in [3.63, 3.8) is 0 Å². The minimum absolute atomic E-state index is 0.0874. The topological polar surface area (TPSA) is 32.3 Å². The molecule has 5 rings (SSSR count). The highest BCUT2D eigenvalue weighted by atomic mass is 16.1. The Morgan fingerprint density at radius 2 is 2.07 bits per heavy atom. The quantitative estimate of drug-likeness (QED) is 0.815. The van der Waals surface area contributed by atoms with Crippen LogP contribution >= 0.6 is 0 Å². The van der Waals surface area contributed by atoms with Crippen LogP contribution in [0.3, 0.4) is 0 Å². The maximum atomic E-state index is 11.7. The molecule has 4 aliphatic rings. The van der Waals surface area contributed by atoms with Crippen molar-refractivity contribution in [2.75, 3.05) is 19.6 Å². The Labute approximate surface area is 163 Å². The van der Waals surface area contributed by atoms with E-state index in [0.29, 0.717) is 0 Å². The summed E-state index contributed by atoms with van der Waals surface area (Å²) in [6.07, 6.45) is 12.6. The highest BCUT2D eigenvalue weighted by molar-refractivity contribution is 5.73. The van der Waals surface area contributed by atoms with E-state index < -0.39 is 0 Å². The van der Waals surface area contributed by atoms with E-state index in [9.17, 15) is 4.79 Å². The number of nitrogens with zero attached hydrogens (tertiary/aromatic N) is 1. The number of likely N-dealkylation sites (tertiary alicyclic amines) is 1. The van der Waals surface area contributed by atoms with Gasteiger partial charge in [-0.25, -0.2) is 0 Å². The number of piperidine rings is 1. The molecule has 1 saturated heterocycles. The Bertz CT molecular complexity index is 747. The van der Waals surface area contributed by atoms with Gasteiger partial charge in [0, 0.05) is 18.9 Å². The Hall–Kier alpha value is -1.61. The van der Waals surface area contributed by atoms with Crippen LogP contribution in [0.2, 0.25) is 0 Å². The predicted octanol–water partition coefficient (Wildman–Crippen LogP) is 4.20. The summed E-state index contributed by atoms with van der Waals surface area (Å²) >= 11 is 0. The average molecular weight is 365 g/mol. The molecule has 4 atom stereocenters. The summed E-state index contributed by atoms with van der Waals surface area (Å²) in [6.45, 7) is 5.34. The van der Waals surface area contributed by atoms with Gasteiger partial charge in [-0.05, 0) is 80.5 Å². The van der Waals surface area contributed by atoms with Crippen LogP contribution in [0.5, 0.6) is 0 Å². The van der Waals surface area contributed by atoms with Gasteiger partial charge in [-0.1, -0.05) is 36.4 Å². The van der Waals surface area contributed by atoms with E-state index in [1.807, 2.05) is 0 Å². The van der Waals surface area contributed by atoms with Gasteiger partial charge in [0.1, 0.15) is 0 Å². The molecule has 1 saturated carbocycles. The van der Waals surface area contributed by atoms with Gasteiger partial charge in [-0.3, -0.25) is 4.79 Å². The zero-order chi connectivity index (χ0) is 18.4. The Kier molecular flexibility index (Phi) is 4.39. The Morgan fingerprint density at radius 1 is 1.26 bits per heavy atom. The van der Waals surface area contributed by atoms with Crippen molar-refractivity contribution in [1.29, 1.82) is 0 Å². The molecule has 3 nitrogen and oxygen atoms in total. The molecule has 0 radical (unpaired) electrons. The zero-order valence-electron chi connectivity index (χ0n) is 16.5. The second-order valence-electron chi connectivity index (χ2n) is 9.46. The van der Waals surface area contributed by atoms with Gasteiger partial charge in [0.15, 0.2) is 0 Å². The molecule has 1 aliphatic heterocycles. The second kappa shape index (κ2) is 6.77. The molecule has 1 aromatic rings. The van der Waals surface area contributed by atoms with Crippen LogP contribution in [0, 0.1) is 17.8 Å². The molecule has 1 aromatic carbocycles.